The summed E-state index contributed by atoms with van der Waals surface area (Å²) in [6.45, 7) is 1.29. The van der Waals surface area contributed by atoms with Crippen LogP contribution in [-0.2, 0) is 0 Å². The number of ketones is 1. The summed E-state index contributed by atoms with van der Waals surface area (Å²) in [5, 5.41) is 18.6. The monoisotopic (exact) mass is 220 g/mol. The van der Waals surface area contributed by atoms with Gasteiger partial charge in [-0.15, -0.1) is 0 Å². The highest BCUT2D eigenvalue weighted by molar-refractivity contribution is 6.09. The first kappa shape index (κ1) is 10.2. The Balaban J connectivity index is 2.82. The molecular formula is C11H8O5. The molecule has 0 atom stereocenters. The van der Waals surface area contributed by atoms with Gasteiger partial charge in [-0.3, -0.25) is 4.79 Å². The SMILES string of the molecule is CC(=O)c1c(O)ccc2oc(C(=O)O)cc12. The summed E-state index contributed by atoms with van der Waals surface area (Å²) in [6.07, 6.45) is 0. The number of phenolic OH excluding ortho intramolecular Hbond substituents is 1. The first-order valence-electron chi connectivity index (χ1n) is 4.50. The number of furan rings is 1. The minimum Gasteiger partial charge on any atom is -0.507 e. The summed E-state index contributed by atoms with van der Waals surface area (Å²) < 4.78 is 5.01. The smallest absolute Gasteiger partial charge is 0.371 e. The summed E-state index contributed by atoms with van der Waals surface area (Å²) in [4.78, 5) is 22.0. The molecule has 0 amide bonds. The Morgan fingerprint density at radius 2 is 2.00 bits per heavy atom. The molecule has 0 aliphatic heterocycles. The Labute approximate surface area is 89.9 Å². The van der Waals surface area contributed by atoms with Gasteiger partial charge in [-0.05, 0) is 19.1 Å². The van der Waals surface area contributed by atoms with Gasteiger partial charge in [0.25, 0.3) is 0 Å². The van der Waals surface area contributed by atoms with Crippen molar-refractivity contribution >= 4 is 22.7 Å². The van der Waals surface area contributed by atoms with Gasteiger partial charge in [0, 0.05) is 11.5 Å². The van der Waals surface area contributed by atoms with E-state index in [9.17, 15) is 14.7 Å². The molecule has 1 heterocycles. The molecule has 0 aliphatic carbocycles. The number of aromatic hydroxyl groups is 1. The lowest BCUT2D eigenvalue weighted by molar-refractivity contribution is 0.0664. The lowest BCUT2D eigenvalue weighted by Crippen LogP contribution is -1.93. The van der Waals surface area contributed by atoms with E-state index in [1.54, 1.807) is 0 Å². The molecule has 0 unspecified atom stereocenters. The van der Waals surface area contributed by atoms with Gasteiger partial charge in [0.05, 0.1) is 5.56 Å². The van der Waals surface area contributed by atoms with Crippen LogP contribution in [0.15, 0.2) is 22.6 Å². The van der Waals surface area contributed by atoms with Gasteiger partial charge in [-0.25, -0.2) is 4.79 Å². The molecule has 0 aliphatic rings. The number of benzene rings is 1. The second-order valence-electron chi connectivity index (χ2n) is 3.34. The Morgan fingerprint density at radius 3 is 2.56 bits per heavy atom. The lowest BCUT2D eigenvalue weighted by Gasteiger charge is -2.00. The summed E-state index contributed by atoms with van der Waals surface area (Å²) in [5.41, 5.74) is 0.342. The van der Waals surface area contributed by atoms with Crippen molar-refractivity contribution in [1.82, 2.24) is 0 Å². The van der Waals surface area contributed by atoms with Crippen LogP contribution in [0.3, 0.4) is 0 Å². The van der Waals surface area contributed by atoms with E-state index >= 15 is 0 Å². The topological polar surface area (TPSA) is 87.7 Å². The number of carbonyl (C=O) groups is 2. The molecule has 1 aromatic carbocycles. The maximum absolute atomic E-state index is 11.3. The van der Waals surface area contributed by atoms with Gasteiger partial charge in [-0.1, -0.05) is 0 Å². The third kappa shape index (κ3) is 1.42. The Morgan fingerprint density at radius 1 is 1.31 bits per heavy atom. The Bertz CT molecular complexity index is 594. The van der Waals surface area contributed by atoms with Crippen molar-refractivity contribution in [2.75, 3.05) is 0 Å². The number of hydrogen-bond donors (Lipinski definition) is 2. The largest absolute Gasteiger partial charge is 0.507 e. The van der Waals surface area contributed by atoms with Crippen LogP contribution in [0, 0.1) is 0 Å². The fourth-order valence-electron chi connectivity index (χ4n) is 1.58. The van der Waals surface area contributed by atoms with Gasteiger partial charge in [0.15, 0.2) is 5.78 Å². The third-order valence-corrected chi connectivity index (χ3v) is 2.24. The maximum atomic E-state index is 11.3. The predicted octanol–water partition coefficient (Wildman–Crippen LogP) is 2.04. The van der Waals surface area contributed by atoms with E-state index in [2.05, 4.69) is 0 Å². The summed E-state index contributed by atoms with van der Waals surface area (Å²) in [5.74, 6) is -2.01. The molecule has 0 fully saturated rings. The van der Waals surface area contributed by atoms with Crippen LogP contribution in [-0.4, -0.2) is 22.0 Å². The van der Waals surface area contributed by atoms with Crippen LogP contribution < -0.4 is 0 Å². The minimum atomic E-state index is -1.22. The number of aromatic carboxylic acids is 1. The van der Waals surface area contributed by atoms with Crippen molar-refractivity contribution in [3.05, 3.63) is 29.5 Å². The average molecular weight is 220 g/mol. The zero-order valence-electron chi connectivity index (χ0n) is 8.35. The second kappa shape index (κ2) is 3.37. The maximum Gasteiger partial charge on any atom is 0.371 e. The van der Waals surface area contributed by atoms with E-state index in [-0.39, 0.29) is 28.4 Å². The number of carbonyl (C=O) groups excluding carboxylic acids is 1. The van der Waals surface area contributed by atoms with Crippen LogP contribution in [0.4, 0.5) is 0 Å². The third-order valence-electron chi connectivity index (χ3n) is 2.24. The minimum absolute atomic E-state index is 0.0775. The molecule has 5 nitrogen and oxygen atoms in total. The second-order valence-corrected chi connectivity index (χ2v) is 3.34. The van der Waals surface area contributed by atoms with E-state index in [4.69, 9.17) is 9.52 Å². The van der Waals surface area contributed by atoms with E-state index in [0.717, 1.165) is 0 Å². The van der Waals surface area contributed by atoms with Crippen molar-refractivity contribution in [1.29, 1.82) is 0 Å². The van der Waals surface area contributed by atoms with Crippen molar-refractivity contribution in [2.24, 2.45) is 0 Å². The molecule has 0 saturated heterocycles. The fourth-order valence-corrected chi connectivity index (χ4v) is 1.58. The van der Waals surface area contributed by atoms with Crippen molar-refractivity contribution in [3.8, 4) is 5.75 Å². The Hall–Kier alpha value is -2.30. The van der Waals surface area contributed by atoms with Gasteiger partial charge in [-0.2, -0.15) is 0 Å². The highest BCUT2D eigenvalue weighted by Crippen LogP contribution is 2.30. The van der Waals surface area contributed by atoms with E-state index < -0.39 is 5.97 Å². The molecule has 16 heavy (non-hydrogen) atoms. The van der Waals surface area contributed by atoms with Gasteiger partial charge < -0.3 is 14.6 Å². The van der Waals surface area contributed by atoms with Gasteiger partial charge >= 0.3 is 5.97 Å². The van der Waals surface area contributed by atoms with Crippen molar-refractivity contribution in [3.63, 3.8) is 0 Å². The zero-order valence-corrected chi connectivity index (χ0v) is 8.35. The number of carboxylic acid groups (broad SMARTS) is 1. The highest BCUT2D eigenvalue weighted by Gasteiger charge is 2.17. The number of fused-ring (bicyclic) bond motifs is 1. The molecule has 2 N–H and O–H groups in total. The van der Waals surface area contributed by atoms with Gasteiger partial charge in [0.1, 0.15) is 11.3 Å². The molecule has 0 spiro atoms. The van der Waals surface area contributed by atoms with Crippen LogP contribution in [0.1, 0.15) is 27.8 Å². The molecule has 2 aromatic rings. The quantitative estimate of drug-likeness (QED) is 0.756. The average Bonchev–Trinajstić information content (AvgIpc) is 2.60. The van der Waals surface area contributed by atoms with E-state index in [1.165, 1.54) is 25.1 Å². The van der Waals surface area contributed by atoms with E-state index in [0.29, 0.717) is 5.39 Å². The number of phenols is 1. The van der Waals surface area contributed by atoms with Crippen molar-refractivity contribution in [2.45, 2.75) is 6.92 Å². The molecule has 0 bridgehead atoms. The number of hydrogen-bond acceptors (Lipinski definition) is 4. The number of carboxylic acids is 1. The molecule has 0 saturated carbocycles. The first-order chi connectivity index (χ1) is 7.50. The van der Waals surface area contributed by atoms with Crippen LogP contribution in [0.5, 0.6) is 5.75 Å². The summed E-state index contributed by atoms with van der Waals surface area (Å²) in [6, 6.07) is 3.95. The van der Waals surface area contributed by atoms with Crippen molar-refractivity contribution < 1.29 is 24.2 Å². The normalized spacial score (nSPS) is 10.6. The summed E-state index contributed by atoms with van der Waals surface area (Å²) >= 11 is 0. The molecule has 2 rings (SSSR count). The molecule has 5 heteroatoms. The highest BCUT2D eigenvalue weighted by atomic mass is 16.4. The molecule has 82 valence electrons. The first-order valence-corrected chi connectivity index (χ1v) is 4.50. The van der Waals surface area contributed by atoms with Gasteiger partial charge in [0.2, 0.25) is 5.76 Å². The zero-order chi connectivity index (χ0) is 11.9. The van der Waals surface area contributed by atoms with Crippen LogP contribution >= 0.6 is 0 Å². The Kier molecular flexibility index (Phi) is 2.16. The number of rotatable bonds is 2. The molecule has 0 radical (unpaired) electrons. The standard InChI is InChI=1S/C11H8O5/c1-5(12)10-6-4-9(11(14)15)16-8(6)3-2-7(10)13/h2-4,13H,1H3,(H,14,15). The van der Waals surface area contributed by atoms with Crippen LogP contribution in [0.25, 0.3) is 11.0 Å². The van der Waals surface area contributed by atoms with E-state index in [1.807, 2.05) is 0 Å². The predicted molar refractivity (Wildman–Crippen MR) is 54.8 cm³/mol. The fraction of sp³-hybridized carbons (Fsp3) is 0.0909. The lowest BCUT2D eigenvalue weighted by atomic mass is 10.1. The summed E-state index contributed by atoms with van der Waals surface area (Å²) in [7, 11) is 0. The van der Waals surface area contributed by atoms with Crippen LogP contribution in [0.2, 0.25) is 0 Å². The molecule has 1 aromatic heterocycles. The number of Topliss-reactive ketones (excluding diaryl/α,β-unsaturated/α-hetero) is 1. The molecular weight excluding hydrogens is 212 g/mol.